The van der Waals surface area contributed by atoms with Crippen molar-refractivity contribution in [3.05, 3.63) is 35.4 Å². The van der Waals surface area contributed by atoms with Crippen molar-refractivity contribution in [2.75, 3.05) is 0 Å². The molecule has 1 saturated carbocycles. The number of aliphatic hydroxyl groups excluding tert-OH is 1. The summed E-state index contributed by atoms with van der Waals surface area (Å²) >= 11 is 0. The van der Waals surface area contributed by atoms with E-state index in [0.29, 0.717) is 17.8 Å². The van der Waals surface area contributed by atoms with E-state index in [1.807, 2.05) is 0 Å². The number of hydrogen-bond donors (Lipinski definition) is 1. The third-order valence-electron chi connectivity index (χ3n) is 4.25. The Morgan fingerprint density at radius 1 is 1.12 bits per heavy atom. The maximum absolute atomic E-state index is 9.91. The molecule has 0 radical (unpaired) electrons. The molecule has 4 unspecified atom stereocenters. The third kappa shape index (κ3) is 1.78. The molecule has 0 spiro atoms. The fourth-order valence-corrected chi connectivity index (χ4v) is 3.08. The molecule has 0 saturated heterocycles. The first kappa shape index (κ1) is 11.7. The van der Waals surface area contributed by atoms with Crippen LogP contribution in [0.3, 0.4) is 0 Å². The van der Waals surface area contributed by atoms with Gasteiger partial charge in [-0.05, 0) is 35.3 Å². The Kier molecular flexibility index (Phi) is 3.34. The Morgan fingerprint density at radius 3 is 2.25 bits per heavy atom. The van der Waals surface area contributed by atoms with Gasteiger partial charge in [-0.25, -0.2) is 0 Å². The zero-order valence-electron chi connectivity index (χ0n) is 10.5. The summed E-state index contributed by atoms with van der Waals surface area (Å²) in [5, 5.41) is 9.91. The van der Waals surface area contributed by atoms with Gasteiger partial charge < -0.3 is 5.11 Å². The molecular formula is C15H22O. The van der Waals surface area contributed by atoms with Gasteiger partial charge in [-0.2, -0.15) is 0 Å². The first-order chi connectivity index (χ1) is 7.69. The third-order valence-corrected chi connectivity index (χ3v) is 4.25. The average molecular weight is 218 g/mol. The summed E-state index contributed by atoms with van der Waals surface area (Å²) in [5.41, 5.74) is 2.80. The molecular weight excluding hydrogens is 196 g/mol. The Labute approximate surface area is 98.5 Å². The standard InChI is InChI=1S/C15H22O/c1-4-11-6-8-12(9-7-11)14-10(3)15(16)13(14)5-2/h6-10,13-16H,4-5H2,1-3H3. The predicted octanol–water partition coefficient (Wildman–Crippen LogP) is 3.37. The van der Waals surface area contributed by atoms with Gasteiger partial charge >= 0.3 is 0 Å². The summed E-state index contributed by atoms with van der Waals surface area (Å²) in [7, 11) is 0. The van der Waals surface area contributed by atoms with E-state index in [9.17, 15) is 5.11 Å². The van der Waals surface area contributed by atoms with Crippen LogP contribution in [-0.4, -0.2) is 11.2 Å². The molecule has 0 heterocycles. The monoisotopic (exact) mass is 218 g/mol. The molecule has 1 aliphatic rings. The van der Waals surface area contributed by atoms with Crippen LogP contribution < -0.4 is 0 Å². The molecule has 1 heteroatoms. The molecule has 0 amide bonds. The average Bonchev–Trinajstić information content (AvgIpc) is 2.34. The first-order valence-corrected chi connectivity index (χ1v) is 6.45. The van der Waals surface area contributed by atoms with Gasteiger partial charge in [0.25, 0.3) is 0 Å². The van der Waals surface area contributed by atoms with E-state index < -0.39 is 0 Å². The molecule has 1 aromatic carbocycles. The van der Waals surface area contributed by atoms with Crippen molar-refractivity contribution in [3.8, 4) is 0 Å². The fraction of sp³-hybridized carbons (Fsp3) is 0.600. The zero-order valence-corrected chi connectivity index (χ0v) is 10.5. The Morgan fingerprint density at radius 2 is 1.75 bits per heavy atom. The second-order valence-electron chi connectivity index (χ2n) is 5.04. The minimum atomic E-state index is -0.0964. The normalized spacial score (nSPS) is 33.5. The van der Waals surface area contributed by atoms with Crippen LogP contribution in [0.15, 0.2) is 24.3 Å². The Balaban J connectivity index is 2.17. The van der Waals surface area contributed by atoms with E-state index in [0.717, 1.165) is 12.8 Å². The number of benzene rings is 1. The predicted molar refractivity (Wildman–Crippen MR) is 67.5 cm³/mol. The van der Waals surface area contributed by atoms with Gasteiger partial charge in [0.15, 0.2) is 0 Å². The van der Waals surface area contributed by atoms with E-state index in [1.54, 1.807) is 0 Å². The lowest BCUT2D eigenvalue weighted by atomic mass is 9.59. The van der Waals surface area contributed by atoms with E-state index in [-0.39, 0.29) is 6.10 Å². The molecule has 0 aliphatic heterocycles. The molecule has 1 N–H and O–H groups in total. The second kappa shape index (κ2) is 4.58. The topological polar surface area (TPSA) is 20.2 Å². The first-order valence-electron chi connectivity index (χ1n) is 6.45. The van der Waals surface area contributed by atoms with Gasteiger partial charge in [0.05, 0.1) is 6.10 Å². The highest BCUT2D eigenvalue weighted by atomic mass is 16.3. The lowest BCUT2D eigenvalue weighted by Gasteiger charge is -2.48. The van der Waals surface area contributed by atoms with Crippen molar-refractivity contribution in [3.63, 3.8) is 0 Å². The highest BCUT2D eigenvalue weighted by Crippen LogP contribution is 2.49. The van der Waals surface area contributed by atoms with E-state index in [2.05, 4.69) is 45.0 Å². The van der Waals surface area contributed by atoms with Gasteiger partial charge in [0, 0.05) is 0 Å². The molecule has 1 nitrogen and oxygen atoms in total. The van der Waals surface area contributed by atoms with Gasteiger partial charge in [0.1, 0.15) is 0 Å². The Bertz CT molecular complexity index is 341. The van der Waals surface area contributed by atoms with Gasteiger partial charge in [-0.15, -0.1) is 0 Å². The molecule has 1 fully saturated rings. The summed E-state index contributed by atoms with van der Waals surface area (Å²) in [5.74, 6) is 1.44. The van der Waals surface area contributed by atoms with Gasteiger partial charge in [-0.1, -0.05) is 51.5 Å². The van der Waals surface area contributed by atoms with Crippen LogP contribution in [0.5, 0.6) is 0 Å². The highest BCUT2D eigenvalue weighted by molar-refractivity contribution is 5.29. The molecule has 16 heavy (non-hydrogen) atoms. The van der Waals surface area contributed by atoms with Gasteiger partial charge in [0.2, 0.25) is 0 Å². The van der Waals surface area contributed by atoms with Crippen molar-refractivity contribution in [1.29, 1.82) is 0 Å². The fourth-order valence-electron chi connectivity index (χ4n) is 3.08. The summed E-state index contributed by atoms with van der Waals surface area (Å²) in [6, 6.07) is 8.93. The van der Waals surface area contributed by atoms with Crippen LogP contribution in [0.2, 0.25) is 0 Å². The van der Waals surface area contributed by atoms with Gasteiger partial charge in [-0.3, -0.25) is 0 Å². The SMILES string of the molecule is CCc1ccc(C2C(C)C(O)C2CC)cc1. The minimum absolute atomic E-state index is 0.0964. The lowest BCUT2D eigenvalue weighted by molar-refractivity contribution is -0.0583. The van der Waals surface area contributed by atoms with Crippen molar-refractivity contribution in [2.45, 2.75) is 45.6 Å². The Hall–Kier alpha value is -0.820. The van der Waals surface area contributed by atoms with E-state index >= 15 is 0 Å². The lowest BCUT2D eigenvalue weighted by Crippen LogP contribution is -2.47. The highest BCUT2D eigenvalue weighted by Gasteiger charge is 2.46. The quantitative estimate of drug-likeness (QED) is 0.824. The van der Waals surface area contributed by atoms with Crippen molar-refractivity contribution in [2.24, 2.45) is 11.8 Å². The van der Waals surface area contributed by atoms with Crippen LogP contribution in [0, 0.1) is 11.8 Å². The summed E-state index contributed by atoms with van der Waals surface area (Å²) < 4.78 is 0. The van der Waals surface area contributed by atoms with Crippen molar-refractivity contribution < 1.29 is 5.11 Å². The van der Waals surface area contributed by atoms with E-state index in [4.69, 9.17) is 0 Å². The molecule has 1 aliphatic carbocycles. The molecule has 0 aromatic heterocycles. The van der Waals surface area contributed by atoms with Crippen LogP contribution in [0.4, 0.5) is 0 Å². The molecule has 0 bridgehead atoms. The van der Waals surface area contributed by atoms with Crippen LogP contribution in [0.25, 0.3) is 0 Å². The molecule has 1 aromatic rings. The van der Waals surface area contributed by atoms with Crippen LogP contribution >= 0.6 is 0 Å². The molecule has 88 valence electrons. The summed E-state index contributed by atoms with van der Waals surface area (Å²) in [6.07, 6.45) is 2.08. The number of aryl methyl sites for hydroxylation is 1. The summed E-state index contributed by atoms with van der Waals surface area (Å²) in [4.78, 5) is 0. The number of rotatable bonds is 3. The maximum atomic E-state index is 9.91. The minimum Gasteiger partial charge on any atom is -0.393 e. The van der Waals surface area contributed by atoms with Crippen LogP contribution in [0.1, 0.15) is 44.2 Å². The molecule has 4 atom stereocenters. The van der Waals surface area contributed by atoms with Crippen molar-refractivity contribution in [1.82, 2.24) is 0 Å². The maximum Gasteiger partial charge on any atom is 0.0605 e. The van der Waals surface area contributed by atoms with Crippen molar-refractivity contribution >= 4 is 0 Å². The molecule has 2 rings (SSSR count). The zero-order chi connectivity index (χ0) is 11.7. The van der Waals surface area contributed by atoms with Crippen LogP contribution in [-0.2, 0) is 6.42 Å². The smallest absolute Gasteiger partial charge is 0.0605 e. The largest absolute Gasteiger partial charge is 0.393 e. The second-order valence-corrected chi connectivity index (χ2v) is 5.04. The van der Waals surface area contributed by atoms with E-state index in [1.165, 1.54) is 11.1 Å². The summed E-state index contributed by atoms with van der Waals surface area (Å²) in [6.45, 7) is 6.52. The number of hydrogen-bond acceptors (Lipinski definition) is 1. The number of aliphatic hydroxyl groups is 1.